The van der Waals surface area contributed by atoms with Crippen LogP contribution in [0, 0.1) is 11.8 Å². The Morgan fingerprint density at radius 3 is 2.67 bits per heavy atom. The van der Waals surface area contributed by atoms with E-state index < -0.39 is 0 Å². The Morgan fingerprint density at radius 1 is 1.33 bits per heavy atom. The molecule has 112 valence electrons. The molecular weight excluding hydrogens is 330 g/mol. The normalized spacial score (nSPS) is 40.3. The molecule has 3 N–H and O–H groups in total. The van der Waals surface area contributed by atoms with Crippen LogP contribution < -0.4 is 11.1 Å². The van der Waals surface area contributed by atoms with Gasteiger partial charge in [-0.1, -0.05) is 0 Å². The van der Waals surface area contributed by atoms with E-state index in [1.54, 1.807) is 18.3 Å². The molecule has 4 aliphatic rings. The number of rotatable bonds is 2. The van der Waals surface area contributed by atoms with Gasteiger partial charge in [0, 0.05) is 22.8 Å². The van der Waals surface area contributed by atoms with Gasteiger partial charge in [-0.15, -0.1) is 0 Å². The third-order valence-electron chi connectivity index (χ3n) is 5.47. The van der Waals surface area contributed by atoms with Gasteiger partial charge in [0.2, 0.25) is 0 Å². The van der Waals surface area contributed by atoms with Crippen molar-refractivity contribution < 1.29 is 4.79 Å². The van der Waals surface area contributed by atoms with Crippen molar-refractivity contribution in [3.8, 4) is 0 Å². The summed E-state index contributed by atoms with van der Waals surface area (Å²) in [7, 11) is 0. The van der Waals surface area contributed by atoms with Gasteiger partial charge in [0.1, 0.15) is 4.60 Å². The molecule has 4 saturated carbocycles. The first-order valence-corrected chi connectivity index (χ1v) is 8.48. The summed E-state index contributed by atoms with van der Waals surface area (Å²) in [6, 6.07) is 3.53. The van der Waals surface area contributed by atoms with Gasteiger partial charge < -0.3 is 11.1 Å². The summed E-state index contributed by atoms with van der Waals surface area (Å²) < 4.78 is 0.691. The smallest absolute Gasteiger partial charge is 0.251 e. The molecule has 21 heavy (non-hydrogen) atoms. The lowest BCUT2D eigenvalue weighted by Crippen LogP contribution is -2.68. The van der Waals surface area contributed by atoms with Crippen molar-refractivity contribution in [1.29, 1.82) is 0 Å². The van der Waals surface area contributed by atoms with E-state index >= 15 is 0 Å². The fourth-order valence-electron chi connectivity index (χ4n) is 5.34. The highest BCUT2D eigenvalue weighted by atomic mass is 79.9. The zero-order chi connectivity index (χ0) is 14.7. The van der Waals surface area contributed by atoms with E-state index in [9.17, 15) is 4.79 Å². The Hall–Kier alpha value is -0.940. The summed E-state index contributed by atoms with van der Waals surface area (Å²) >= 11 is 3.32. The minimum atomic E-state index is -0.0777. The summed E-state index contributed by atoms with van der Waals surface area (Å²) in [5.41, 5.74) is 7.12. The fourth-order valence-corrected chi connectivity index (χ4v) is 5.70. The van der Waals surface area contributed by atoms with Crippen LogP contribution in [0.25, 0.3) is 0 Å². The van der Waals surface area contributed by atoms with E-state index in [2.05, 4.69) is 26.2 Å². The molecule has 0 aliphatic heterocycles. The highest BCUT2D eigenvalue weighted by molar-refractivity contribution is 9.10. The molecule has 1 heterocycles. The zero-order valence-corrected chi connectivity index (χ0v) is 13.5. The van der Waals surface area contributed by atoms with E-state index in [0.717, 1.165) is 32.1 Å². The van der Waals surface area contributed by atoms with Crippen molar-refractivity contribution in [3.05, 3.63) is 28.5 Å². The Kier molecular flexibility index (Phi) is 2.95. The van der Waals surface area contributed by atoms with Crippen LogP contribution in [0.1, 0.15) is 48.9 Å². The van der Waals surface area contributed by atoms with Crippen LogP contribution in [-0.4, -0.2) is 22.0 Å². The summed E-state index contributed by atoms with van der Waals surface area (Å²) in [5, 5.41) is 3.33. The first-order chi connectivity index (χ1) is 9.95. The van der Waals surface area contributed by atoms with Gasteiger partial charge in [-0.2, -0.15) is 0 Å². The average Bonchev–Trinajstić information content (AvgIpc) is 2.34. The molecule has 1 aromatic rings. The topological polar surface area (TPSA) is 68.0 Å². The van der Waals surface area contributed by atoms with Crippen molar-refractivity contribution >= 4 is 21.8 Å². The van der Waals surface area contributed by atoms with Crippen LogP contribution in [0.3, 0.4) is 0 Å². The molecule has 4 bridgehead atoms. The zero-order valence-electron chi connectivity index (χ0n) is 11.9. The molecule has 0 aromatic carbocycles. The Balaban J connectivity index is 1.58. The molecule has 5 heteroatoms. The lowest BCUT2D eigenvalue weighted by Gasteiger charge is -2.61. The molecule has 4 fully saturated rings. The summed E-state index contributed by atoms with van der Waals surface area (Å²) in [6.07, 6.45) is 8.37. The first-order valence-electron chi connectivity index (χ1n) is 7.68. The van der Waals surface area contributed by atoms with Crippen molar-refractivity contribution in [2.24, 2.45) is 17.6 Å². The molecule has 2 unspecified atom stereocenters. The van der Waals surface area contributed by atoms with E-state index in [0.29, 0.717) is 22.0 Å². The molecule has 2 atom stereocenters. The fraction of sp³-hybridized carbons (Fsp3) is 0.625. The van der Waals surface area contributed by atoms with Gasteiger partial charge in [-0.05, 0) is 78.4 Å². The number of aromatic nitrogens is 1. The number of pyridine rings is 1. The second kappa shape index (κ2) is 4.53. The number of nitrogens with one attached hydrogen (secondary N) is 1. The monoisotopic (exact) mass is 349 g/mol. The number of amides is 1. The highest BCUT2D eigenvalue weighted by Gasteiger charge is 2.56. The summed E-state index contributed by atoms with van der Waals surface area (Å²) in [5.74, 6) is 1.39. The molecule has 0 saturated heterocycles. The number of hydrogen-bond donors (Lipinski definition) is 2. The predicted molar refractivity (Wildman–Crippen MR) is 83.7 cm³/mol. The number of halogens is 1. The van der Waals surface area contributed by atoms with Crippen molar-refractivity contribution in [2.75, 3.05) is 0 Å². The van der Waals surface area contributed by atoms with Crippen LogP contribution >= 0.6 is 15.9 Å². The van der Waals surface area contributed by atoms with Crippen LogP contribution in [0.4, 0.5) is 0 Å². The van der Waals surface area contributed by atoms with Crippen molar-refractivity contribution in [1.82, 2.24) is 10.3 Å². The Bertz CT molecular complexity index is 589. The van der Waals surface area contributed by atoms with Crippen LogP contribution in [-0.2, 0) is 0 Å². The molecule has 1 amide bonds. The lowest BCUT2D eigenvalue weighted by molar-refractivity contribution is -0.0320. The number of carbonyl (C=O) groups excluding carboxylic acids is 1. The number of nitrogens with two attached hydrogens (primary N) is 1. The minimum absolute atomic E-state index is 0.00338. The molecule has 4 aliphatic carbocycles. The van der Waals surface area contributed by atoms with Crippen molar-refractivity contribution in [3.63, 3.8) is 0 Å². The molecule has 0 radical (unpaired) electrons. The maximum atomic E-state index is 12.6. The highest BCUT2D eigenvalue weighted by Crippen LogP contribution is 2.56. The third-order valence-corrected chi connectivity index (χ3v) is 5.91. The van der Waals surface area contributed by atoms with E-state index in [1.807, 2.05) is 0 Å². The largest absolute Gasteiger partial charge is 0.347 e. The van der Waals surface area contributed by atoms with Gasteiger partial charge in [0.15, 0.2) is 0 Å². The maximum Gasteiger partial charge on any atom is 0.251 e. The van der Waals surface area contributed by atoms with Crippen LogP contribution in [0.5, 0.6) is 0 Å². The number of carbonyl (C=O) groups is 1. The van der Waals surface area contributed by atoms with E-state index in [1.165, 1.54) is 6.42 Å². The summed E-state index contributed by atoms with van der Waals surface area (Å²) in [4.78, 5) is 16.7. The Labute approximate surface area is 133 Å². The lowest BCUT2D eigenvalue weighted by atomic mass is 9.50. The van der Waals surface area contributed by atoms with Gasteiger partial charge in [-0.3, -0.25) is 4.79 Å². The number of nitrogens with zero attached hydrogens (tertiary/aromatic N) is 1. The third kappa shape index (κ3) is 2.40. The quantitative estimate of drug-likeness (QED) is 0.806. The van der Waals surface area contributed by atoms with Crippen LogP contribution in [0.2, 0.25) is 0 Å². The van der Waals surface area contributed by atoms with Gasteiger partial charge in [0.25, 0.3) is 5.91 Å². The second-order valence-corrected chi connectivity index (χ2v) is 8.24. The van der Waals surface area contributed by atoms with Crippen LogP contribution in [0.15, 0.2) is 22.9 Å². The van der Waals surface area contributed by atoms with Crippen molar-refractivity contribution in [2.45, 2.75) is 49.6 Å². The minimum Gasteiger partial charge on any atom is -0.347 e. The maximum absolute atomic E-state index is 12.6. The standard InChI is InChI=1S/C16H20BrN3O/c17-13-4-12(1-2-19-13)14(21)20-16-7-10-3-11(8-16)6-15(18,5-10)9-16/h1-2,4,10-11H,3,5-9,18H2,(H,20,21). The summed E-state index contributed by atoms with van der Waals surface area (Å²) in [6.45, 7) is 0. The number of hydrogen-bond acceptors (Lipinski definition) is 3. The first kappa shape index (κ1) is 13.7. The molecular formula is C16H20BrN3O. The molecule has 1 aromatic heterocycles. The Morgan fingerprint density at radius 2 is 2.05 bits per heavy atom. The molecule has 5 rings (SSSR count). The van der Waals surface area contributed by atoms with Gasteiger partial charge in [0.05, 0.1) is 0 Å². The second-order valence-electron chi connectivity index (χ2n) is 7.43. The van der Waals surface area contributed by atoms with E-state index in [4.69, 9.17) is 5.73 Å². The van der Waals surface area contributed by atoms with Gasteiger partial charge >= 0.3 is 0 Å². The average molecular weight is 350 g/mol. The molecule has 0 spiro atoms. The predicted octanol–water partition coefficient (Wildman–Crippen LogP) is 2.62. The van der Waals surface area contributed by atoms with E-state index in [-0.39, 0.29) is 17.0 Å². The van der Waals surface area contributed by atoms with Gasteiger partial charge in [-0.25, -0.2) is 4.98 Å². The SMILES string of the molecule is NC12CC3CC(C1)CC(NC(=O)c1ccnc(Br)c1)(C3)C2. The molecule has 4 nitrogen and oxygen atoms in total.